The van der Waals surface area contributed by atoms with Crippen LogP contribution in [0.25, 0.3) is 0 Å². The molecule has 30 heavy (non-hydrogen) atoms. The van der Waals surface area contributed by atoms with Gasteiger partial charge in [-0.25, -0.2) is 0 Å². The zero-order chi connectivity index (χ0) is 21.3. The maximum atomic E-state index is 12.7. The molecule has 1 unspecified atom stereocenters. The fourth-order valence-electron chi connectivity index (χ4n) is 4.27. The molecule has 1 N–H and O–H groups in total. The van der Waals surface area contributed by atoms with Crippen molar-refractivity contribution in [3.05, 3.63) is 59.2 Å². The summed E-state index contributed by atoms with van der Waals surface area (Å²) in [6.07, 6.45) is 1.49. The lowest BCUT2D eigenvalue weighted by molar-refractivity contribution is -0.126. The molecule has 0 bridgehead atoms. The molecule has 0 spiro atoms. The van der Waals surface area contributed by atoms with Crippen LogP contribution >= 0.6 is 0 Å². The summed E-state index contributed by atoms with van der Waals surface area (Å²) in [5.74, 6) is -0.363. The summed E-state index contributed by atoms with van der Waals surface area (Å²) in [6, 6.07) is 13.7. The van der Waals surface area contributed by atoms with Gasteiger partial charge in [0.15, 0.2) is 0 Å². The van der Waals surface area contributed by atoms with Crippen LogP contribution in [0.4, 0.5) is 11.4 Å². The third-order valence-electron chi connectivity index (χ3n) is 6.08. The smallest absolute Gasteiger partial charge is 0.227 e. The maximum absolute atomic E-state index is 12.7. The monoisotopic (exact) mass is 405 g/mol. The molecule has 0 saturated carbocycles. The number of carbonyl (C=O) groups is 3. The average molecular weight is 405 g/mol. The summed E-state index contributed by atoms with van der Waals surface area (Å²) < 4.78 is 0. The van der Waals surface area contributed by atoms with E-state index in [9.17, 15) is 14.4 Å². The van der Waals surface area contributed by atoms with Crippen molar-refractivity contribution in [2.75, 3.05) is 22.9 Å². The second-order valence-corrected chi connectivity index (χ2v) is 8.01. The lowest BCUT2D eigenvalue weighted by Gasteiger charge is -2.20. The van der Waals surface area contributed by atoms with E-state index in [1.54, 1.807) is 4.90 Å². The predicted molar refractivity (Wildman–Crippen MR) is 116 cm³/mol. The van der Waals surface area contributed by atoms with Gasteiger partial charge in [-0.1, -0.05) is 31.2 Å². The van der Waals surface area contributed by atoms with Crippen LogP contribution in [0.5, 0.6) is 0 Å². The van der Waals surface area contributed by atoms with Gasteiger partial charge in [-0.05, 0) is 48.2 Å². The Balaban J connectivity index is 1.42. The Morgan fingerprint density at radius 1 is 1.17 bits per heavy atom. The molecule has 1 saturated heterocycles. The predicted octanol–water partition coefficient (Wildman–Crippen LogP) is 2.96. The van der Waals surface area contributed by atoms with Crippen molar-refractivity contribution in [2.24, 2.45) is 5.92 Å². The molecule has 6 nitrogen and oxygen atoms in total. The van der Waals surface area contributed by atoms with Crippen LogP contribution in [0.3, 0.4) is 0 Å². The highest BCUT2D eigenvalue weighted by Gasteiger charge is 2.35. The normalized spacial score (nSPS) is 17.9. The Hall–Kier alpha value is -3.15. The zero-order valence-electron chi connectivity index (χ0n) is 17.5. The fourth-order valence-corrected chi connectivity index (χ4v) is 4.27. The summed E-state index contributed by atoms with van der Waals surface area (Å²) >= 11 is 0. The van der Waals surface area contributed by atoms with Gasteiger partial charge in [-0.3, -0.25) is 14.4 Å². The summed E-state index contributed by atoms with van der Waals surface area (Å²) in [5, 5.41) is 2.98. The molecular formula is C24H27N3O3. The van der Waals surface area contributed by atoms with Crippen molar-refractivity contribution in [2.45, 2.75) is 39.7 Å². The minimum Gasteiger partial charge on any atom is -0.352 e. The molecular weight excluding hydrogens is 378 g/mol. The second kappa shape index (κ2) is 8.30. The van der Waals surface area contributed by atoms with Gasteiger partial charge in [-0.15, -0.1) is 0 Å². The number of benzene rings is 2. The topological polar surface area (TPSA) is 69.7 Å². The number of nitrogens with zero attached hydrogens (tertiary/aromatic N) is 2. The van der Waals surface area contributed by atoms with Gasteiger partial charge in [0.1, 0.15) is 0 Å². The molecule has 1 fully saturated rings. The van der Waals surface area contributed by atoms with Gasteiger partial charge < -0.3 is 15.1 Å². The molecule has 2 aromatic rings. The summed E-state index contributed by atoms with van der Waals surface area (Å²) in [7, 11) is 0. The van der Waals surface area contributed by atoms with Crippen LogP contribution in [0, 0.1) is 12.8 Å². The Kier molecular flexibility index (Phi) is 5.57. The molecule has 2 aromatic carbocycles. The van der Waals surface area contributed by atoms with E-state index >= 15 is 0 Å². The molecule has 1 atom stereocenters. The van der Waals surface area contributed by atoms with Gasteiger partial charge in [0.05, 0.1) is 5.92 Å². The first kappa shape index (κ1) is 20.1. The van der Waals surface area contributed by atoms with Crippen LogP contribution in [-0.4, -0.2) is 30.8 Å². The molecule has 3 amide bonds. The highest BCUT2D eigenvalue weighted by Crippen LogP contribution is 2.34. The zero-order valence-corrected chi connectivity index (χ0v) is 17.5. The molecule has 0 aromatic heterocycles. The Morgan fingerprint density at radius 3 is 2.73 bits per heavy atom. The number of hydrogen-bond acceptors (Lipinski definition) is 3. The molecule has 156 valence electrons. The number of carbonyl (C=O) groups excluding carboxylic acids is 3. The van der Waals surface area contributed by atoms with E-state index in [1.807, 2.05) is 61.2 Å². The van der Waals surface area contributed by atoms with Gasteiger partial charge in [0.2, 0.25) is 17.7 Å². The van der Waals surface area contributed by atoms with Gasteiger partial charge in [-0.2, -0.15) is 0 Å². The van der Waals surface area contributed by atoms with Crippen LogP contribution in [0.15, 0.2) is 42.5 Å². The number of fused-ring (bicyclic) bond motifs is 1. The van der Waals surface area contributed by atoms with E-state index in [1.165, 1.54) is 0 Å². The first-order chi connectivity index (χ1) is 14.5. The number of nitrogens with one attached hydrogen (secondary N) is 1. The summed E-state index contributed by atoms with van der Waals surface area (Å²) in [5.41, 5.74) is 5.03. The van der Waals surface area contributed by atoms with Gasteiger partial charge in [0.25, 0.3) is 0 Å². The quantitative estimate of drug-likeness (QED) is 0.832. The van der Waals surface area contributed by atoms with E-state index in [4.69, 9.17) is 0 Å². The second-order valence-electron chi connectivity index (χ2n) is 8.01. The molecule has 2 aliphatic heterocycles. The molecule has 2 heterocycles. The van der Waals surface area contributed by atoms with Crippen molar-refractivity contribution < 1.29 is 14.4 Å². The highest BCUT2D eigenvalue weighted by atomic mass is 16.2. The van der Waals surface area contributed by atoms with E-state index in [-0.39, 0.29) is 30.1 Å². The third-order valence-corrected chi connectivity index (χ3v) is 6.08. The Labute approximate surface area is 176 Å². The van der Waals surface area contributed by atoms with E-state index in [0.29, 0.717) is 26.1 Å². The molecule has 0 aliphatic carbocycles. The number of amides is 3. The molecule has 4 rings (SSSR count). The molecule has 2 aliphatic rings. The van der Waals surface area contributed by atoms with Crippen molar-refractivity contribution in [3.63, 3.8) is 0 Å². The van der Waals surface area contributed by atoms with Crippen LogP contribution in [0.2, 0.25) is 0 Å². The molecule has 0 radical (unpaired) electrons. The fraction of sp³-hybridized carbons (Fsp3) is 0.375. The van der Waals surface area contributed by atoms with Crippen LogP contribution < -0.4 is 15.1 Å². The minimum atomic E-state index is -0.354. The van der Waals surface area contributed by atoms with Gasteiger partial charge >= 0.3 is 0 Å². The standard InChI is InChI=1S/C24H27N3O3/c1-3-22(28)26-11-10-17-12-20(8-9-21(17)26)27-15-19(13-23(27)29)24(30)25-14-18-7-5-4-6-16(18)2/h4-9,12,19H,3,10-11,13-15H2,1-2H3,(H,25,30). The van der Waals surface area contributed by atoms with Crippen LogP contribution in [0.1, 0.15) is 36.5 Å². The summed E-state index contributed by atoms with van der Waals surface area (Å²) in [6.45, 7) is 5.42. The average Bonchev–Trinajstić information content (AvgIpc) is 3.35. The van der Waals surface area contributed by atoms with Crippen molar-refractivity contribution in [1.29, 1.82) is 0 Å². The first-order valence-corrected chi connectivity index (χ1v) is 10.5. The summed E-state index contributed by atoms with van der Waals surface area (Å²) in [4.78, 5) is 40.9. The number of aryl methyl sites for hydroxylation is 1. The third kappa shape index (κ3) is 3.82. The van der Waals surface area contributed by atoms with E-state index in [0.717, 1.165) is 34.5 Å². The van der Waals surface area contributed by atoms with E-state index < -0.39 is 0 Å². The van der Waals surface area contributed by atoms with Crippen LogP contribution in [-0.2, 0) is 27.3 Å². The Morgan fingerprint density at radius 2 is 1.97 bits per heavy atom. The lowest BCUT2D eigenvalue weighted by Crippen LogP contribution is -2.32. The number of anilines is 2. The minimum absolute atomic E-state index is 0.0366. The number of hydrogen-bond donors (Lipinski definition) is 1. The van der Waals surface area contributed by atoms with Crippen molar-refractivity contribution in [3.8, 4) is 0 Å². The maximum Gasteiger partial charge on any atom is 0.227 e. The number of rotatable bonds is 5. The van der Waals surface area contributed by atoms with E-state index in [2.05, 4.69) is 5.32 Å². The van der Waals surface area contributed by atoms with Crippen molar-refractivity contribution >= 4 is 29.1 Å². The molecule has 6 heteroatoms. The Bertz CT molecular complexity index is 1000. The largest absolute Gasteiger partial charge is 0.352 e. The lowest BCUT2D eigenvalue weighted by atomic mass is 10.1. The van der Waals surface area contributed by atoms with Gasteiger partial charge in [0, 0.05) is 43.9 Å². The SMILES string of the molecule is CCC(=O)N1CCc2cc(N3CC(C(=O)NCc4ccccc4C)CC3=O)ccc21. The highest BCUT2D eigenvalue weighted by molar-refractivity contribution is 6.01. The first-order valence-electron chi connectivity index (χ1n) is 10.5. The van der Waals surface area contributed by atoms with Crippen molar-refractivity contribution in [1.82, 2.24) is 5.32 Å².